The molecule has 3 aromatic rings. The Morgan fingerprint density at radius 2 is 1.87 bits per heavy atom. The normalized spacial score (nSPS) is 12.0. The second-order valence-corrected chi connectivity index (χ2v) is 10.6. The maximum atomic E-state index is 6.33. The van der Waals surface area contributed by atoms with Crippen LogP contribution >= 0.6 is 35.2 Å². The molecule has 2 heterocycles. The molecule has 3 rings (SSSR count). The topological polar surface area (TPSA) is 50.9 Å². The van der Waals surface area contributed by atoms with Gasteiger partial charge in [-0.3, -0.25) is 9.58 Å². The molecule has 0 saturated heterocycles. The summed E-state index contributed by atoms with van der Waals surface area (Å²) >= 11 is 13.3. The molecule has 0 aliphatic carbocycles. The molecule has 30 heavy (non-hydrogen) atoms. The Labute approximate surface area is 192 Å². The van der Waals surface area contributed by atoms with Crippen molar-refractivity contribution in [1.29, 1.82) is 0 Å². The highest BCUT2D eigenvalue weighted by atomic mass is 35.5. The van der Waals surface area contributed by atoms with Crippen LogP contribution < -0.4 is 5.32 Å². The minimum Gasteiger partial charge on any atom is -0.356 e. The maximum Gasteiger partial charge on any atom is 0.205 e. The molecule has 0 saturated carbocycles. The van der Waals surface area contributed by atoms with Crippen molar-refractivity contribution < 1.29 is 0 Å². The van der Waals surface area contributed by atoms with Gasteiger partial charge in [-0.05, 0) is 65.5 Å². The van der Waals surface area contributed by atoms with Gasteiger partial charge >= 0.3 is 0 Å². The molecular weight excluding hydrogens is 436 g/mol. The summed E-state index contributed by atoms with van der Waals surface area (Å²) in [6.45, 7) is 12.5. The lowest BCUT2D eigenvalue weighted by Crippen LogP contribution is -2.27. The first kappa shape index (κ1) is 22.9. The first-order chi connectivity index (χ1) is 14.0. The second-order valence-electron chi connectivity index (χ2n) is 8.60. The minimum atomic E-state index is -0.0478. The van der Waals surface area contributed by atoms with E-state index in [0.717, 1.165) is 37.6 Å². The first-order valence-electron chi connectivity index (χ1n) is 9.84. The third kappa shape index (κ3) is 5.69. The lowest BCUT2D eigenvalue weighted by molar-refractivity contribution is 0.244. The Bertz CT molecular complexity index is 1080. The van der Waals surface area contributed by atoms with Crippen molar-refractivity contribution in [3.8, 4) is 0 Å². The number of nitrogens with zero attached hydrogens (tertiary/aromatic N) is 5. The summed E-state index contributed by atoms with van der Waals surface area (Å²) in [6, 6.07) is 7.90. The van der Waals surface area contributed by atoms with Crippen molar-refractivity contribution in [2.24, 2.45) is 0 Å². The molecule has 1 aromatic carbocycles. The SMILES string of the molecule is Cc1nn(Cc2ccccc2Cl)c(C)c1CN(C)Cn1nc(NC(C)(C)C)sc1=S. The number of aromatic nitrogens is 4. The van der Waals surface area contributed by atoms with E-state index in [9.17, 15) is 0 Å². The standard InChI is InChI=1S/C21H29ClN6S2/c1-14-17(15(2)27(24-14)11-16-9-7-8-10-18(16)22)12-26(6)13-28-20(29)30-19(25-28)23-21(3,4)5/h7-10H,11-13H2,1-6H3,(H,23,25). The molecule has 0 bridgehead atoms. The molecule has 0 amide bonds. The Morgan fingerprint density at radius 1 is 1.17 bits per heavy atom. The third-order valence-electron chi connectivity index (χ3n) is 4.70. The average molecular weight is 465 g/mol. The van der Waals surface area contributed by atoms with E-state index in [0.29, 0.717) is 13.2 Å². The van der Waals surface area contributed by atoms with Gasteiger partial charge in [-0.1, -0.05) is 41.1 Å². The lowest BCUT2D eigenvalue weighted by atomic mass is 10.1. The molecule has 9 heteroatoms. The Hall–Kier alpha value is -1.74. The van der Waals surface area contributed by atoms with Gasteiger partial charge in [-0.15, -0.1) is 5.10 Å². The number of anilines is 1. The Balaban J connectivity index is 1.72. The van der Waals surface area contributed by atoms with Crippen molar-refractivity contribution in [3.63, 3.8) is 0 Å². The van der Waals surface area contributed by atoms with Crippen molar-refractivity contribution in [1.82, 2.24) is 24.5 Å². The number of rotatable bonds is 7. The highest BCUT2D eigenvalue weighted by Crippen LogP contribution is 2.22. The van der Waals surface area contributed by atoms with Crippen LogP contribution in [0.4, 0.5) is 5.13 Å². The molecule has 0 radical (unpaired) electrons. The van der Waals surface area contributed by atoms with Gasteiger partial charge in [0.15, 0.2) is 3.95 Å². The highest BCUT2D eigenvalue weighted by molar-refractivity contribution is 7.73. The minimum absolute atomic E-state index is 0.0478. The van der Waals surface area contributed by atoms with Gasteiger partial charge < -0.3 is 5.32 Å². The summed E-state index contributed by atoms with van der Waals surface area (Å²) in [4.78, 5) is 2.20. The summed E-state index contributed by atoms with van der Waals surface area (Å²) in [7, 11) is 2.07. The molecule has 0 fully saturated rings. The summed E-state index contributed by atoms with van der Waals surface area (Å²) < 4.78 is 4.66. The lowest BCUT2D eigenvalue weighted by Gasteiger charge is -2.19. The van der Waals surface area contributed by atoms with E-state index >= 15 is 0 Å². The number of benzene rings is 1. The van der Waals surface area contributed by atoms with Crippen LogP contribution in [0.5, 0.6) is 0 Å². The van der Waals surface area contributed by atoms with E-state index in [1.807, 2.05) is 33.6 Å². The summed E-state index contributed by atoms with van der Waals surface area (Å²) in [5, 5.41) is 14.4. The number of hydrogen-bond donors (Lipinski definition) is 1. The van der Waals surface area contributed by atoms with E-state index in [4.69, 9.17) is 28.9 Å². The molecule has 1 N–H and O–H groups in total. The maximum absolute atomic E-state index is 6.33. The zero-order valence-corrected chi connectivity index (χ0v) is 20.8. The highest BCUT2D eigenvalue weighted by Gasteiger charge is 2.17. The average Bonchev–Trinajstić information content (AvgIpc) is 3.09. The number of nitrogens with one attached hydrogen (secondary N) is 1. The van der Waals surface area contributed by atoms with Crippen LogP contribution in [-0.4, -0.2) is 37.0 Å². The van der Waals surface area contributed by atoms with E-state index < -0.39 is 0 Å². The Morgan fingerprint density at radius 3 is 2.53 bits per heavy atom. The third-order valence-corrected chi connectivity index (χ3v) is 6.29. The van der Waals surface area contributed by atoms with Crippen LogP contribution in [0, 0.1) is 17.8 Å². The summed E-state index contributed by atoms with van der Waals surface area (Å²) in [6.07, 6.45) is 0. The fraction of sp³-hybridized carbons (Fsp3) is 0.476. The van der Waals surface area contributed by atoms with Crippen LogP contribution in [0.3, 0.4) is 0 Å². The largest absolute Gasteiger partial charge is 0.356 e. The van der Waals surface area contributed by atoms with Gasteiger partial charge in [-0.2, -0.15) is 5.10 Å². The molecule has 0 aliphatic rings. The summed E-state index contributed by atoms with van der Waals surface area (Å²) in [5.41, 5.74) is 4.42. The fourth-order valence-corrected chi connectivity index (χ4v) is 4.62. The van der Waals surface area contributed by atoms with Gasteiger partial charge in [-0.25, -0.2) is 4.68 Å². The smallest absolute Gasteiger partial charge is 0.205 e. The van der Waals surface area contributed by atoms with E-state index in [1.54, 1.807) is 0 Å². The van der Waals surface area contributed by atoms with Crippen molar-refractivity contribution in [2.75, 3.05) is 12.4 Å². The van der Waals surface area contributed by atoms with Crippen LogP contribution in [-0.2, 0) is 19.8 Å². The van der Waals surface area contributed by atoms with Crippen LogP contribution in [0.15, 0.2) is 24.3 Å². The molecule has 0 spiro atoms. The zero-order valence-electron chi connectivity index (χ0n) is 18.4. The van der Waals surface area contributed by atoms with Crippen molar-refractivity contribution >= 4 is 40.3 Å². The van der Waals surface area contributed by atoms with Crippen LogP contribution in [0.2, 0.25) is 5.02 Å². The quantitative estimate of drug-likeness (QED) is 0.468. The van der Waals surface area contributed by atoms with Crippen LogP contribution in [0.25, 0.3) is 0 Å². The molecule has 2 aromatic heterocycles. The monoisotopic (exact) mass is 464 g/mol. The Kier molecular flexibility index (Phi) is 7.02. The first-order valence-corrected chi connectivity index (χ1v) is 11.4. The van der Waals surface area contributed by atoms with Gasteiger partial charge in [0.05, 0.1) is 18.9 Å². The molecule has 0 aliphatic heterocycles. The summed E-state index contributed by atoms with van der Waals surface area (Å²) in [5.74, 6) is 0. The van der Waals surface area contributed by atoms with Gasteiger partial charge in [0, 0.05) is 28.4 Å². The van der Waals surface area contributed by atoms with Crippen molar-refractivity contribution in [2.45, 2.75) is 59.9 Å². The number of hydrogen-bond acceptors (Lipinski definition) is 6. The van der Waals surface area contributed by atoms with Gasteiger partial charge in [0.2, 0.25) is 5.13 Å². The number of aryl methyl sites for hydroxylation is 1. The van der Waals surface area contributed by atoms with Gasteiger partial charge in [0.1, 0.15) is 0 Å². The second kappa shape index (κ2) is 9.18. The van der Waals surface area contributed by atoms with Crippen molar-refractivity contribution in [3.05, 3.63) is 55.8 Å². The zero-order chi connectivity index (χ0) is 22.1. The van der Waals surface area contributed by atoms with E-state index in [2.05, 4.69) is 57.0 Å². The van der Waals surface area contributed by atoms with Gasteiger partial charge in [0.25, 0.3) is 0 Å². The molecule has 0 unspecified atom stereocenters. The van der Waals surface area contributed by atoms with E-state index in [-0.39, 0.29) is 5.54 Å². The predicted molar refractivity (Wildman–Crippen MR) is 128 cm³/mol. The van der Waals surface area contributed by atoms with E-state index in [1.165, 1.54) is 16.9 Å². The predicted octanol–water partition coefficient (Wildman–Crippen LogP) is 5.49. The molecular formula is C21H29ClN6S2. The molecule has 6 nitrogen and oxygen atoms in total. The number of halogens is 1. The molecule has 0 atom stereocenters. The molecule has 162 valence electrons. The van der Waals surface area contributed by atoms with Crippen LogP contribution in [0.1, 0.15) is 43.3 Å². The fourth-order valence-electron chi connectivity index (χ4n) is 3.22.